The summed E-state index contributed by atoms with van der Waals surface area (Å²) in [5.74, 6) is 0.841. The van der Waals surface area contributed by atoms with Gasteiger partial charge in [-0.05, 0) is 24.0 Å². The second-order valence-electron chi connectivity index (χ2n) is 5.18. The summed E-state index contributed by atoms with van der Waals surface area (Å²) < 4.78 is 6.04. The van der Waals surface area contributed by atoms with Gasteiger partial charge in [-0.3, -0.25) is 0 Å². The van der Waals surface area contributed by atoms with Crippen LogP contribution in [0.15, 0.2) is 59.3 Å². The maximum Gasteiger partial charge on any atom is 0.231 e. The zero-order valence-electron chi connectivity index (χ0n) is 11.8. The molecule has 0 unspecified atom stereocenters. The minimum absolute atomic E-state index is 0.422. The van der Waals surface area contributed by atoms with E-state index in [1.807, 2.05) is 18.2 Å². The van der Waals surface area contributed by atoms with Crippen LogP contribution in [0, 0.1) is 0 Å². The first kappa shape index (κ1) is 13.3. The lowest BCUT2D eigenvalue weighted by Crippen LogP contribution is -1.89. The number of nitrogens with zero attached hydrogens (tertiary/aromatic N) is 2. The normalized spacial score (nSPS) is 14.3. The smallest absolute Gasteiger partial charge is 0.231 e. The van der Waals surface area contributed by atoms with E-state index in [1.165, 1.54) is 6.33 Å². The van der Waals surface area contributed by atoms with E-state index in [0.717, 1.165) is 40.7 Å². The summed E-state index contributed by atoms with van der Waals surface area (Å²) in [6.07, 6.45) is 9.70. The third-order valence-corrected chi connectivity index (χ3v) is 4.10. The van der Waals surface area contributed by atoms with Crippen molar-refractivity contribution >= 4 is 28.3 Å². The average Bonchev–Trinajstić information content (AvgIpc) is 2.97. The van der Waals surface area contributed by atoms with Gasteiger partial charge in [0.2, 0.25) is 5.71 Å². The molecule has 1 aliphatic rings. The zero-order valence-corrected chi connectivity index (χ0v) is 12.5. The van der Waals surface area contributed by atoms with Crippen LogP contribution < -0.4 is 0 Å². The van der Waals surface area contributed by atoms with Gasteiger partial charge in [-0.25, -0.2) is 9.97 Å². The Morgan fingerprint density at radius 3 is 2.73 bits per heavy atom. The highest BCUT2D eigenvalue weighted by atomic mass is 35.5. The molecule has 0 saturated carbocycles. The van der Waals surface area contributed by atoms with Gasteiger partial charge in [-0.2, -0.15) is 0 Å². The summed E-state index contributed by atoms with van der Waals surface area (Å²) in [7, 11) is 0. The van der Waals surface area contributed by atoms with Crippen LogP contribution in [0.2, 0.25) is 5.15 Å². The number of benzene rings is 1. The Bertz CT molecular complexity index is 894. The number of furan rings is 1. The fraction of sp³-hybridized carbons (Fsp3) is 0.111. The maximum atomic E-state index is 6.32. The number of fused-ring (bicyclic) bond motifs is 1. The standard InChI is InChI=1S/C18H13ClN2O/c19-17-15-14(12-7-3-1-4-8-12)16(13-9-5-2-6-10-13)22-18(15)21-11-20-17/h1-5,7-9,11H,6,10H2. The van der Waals surface area contributed by atoms with Crippen LogP contribution in [0.3, 0.4) is 0 Å². The predicted octanol–water partition coefficient (Wildman–Crippen LogP) is 5.28. The summed E-state index contributed by atoms with van der Waals surface area (Å²) in [4.78, 5) is 8.35. The van der Waals surface area contributed by atoms with Crippen molar-refractivity contribution in [2.24, 2.45) is 0 Å². The molecule has 2 heterocycles. The lowest BCUT2D eigenvalue weighted by Gasteiger charge is -2.09. The number of aromatic nitrogens is 2. The van der Waals surface area contributed by atoms with E-state index < -0.39 is 0 Å². The van der Waals surface area contributed by atoms with E-state index in [9.17, 15) is 0 Å². The Labute approximate surface area is 133 Å². The van der Waals surface area contributed by atoms with E-state index in [2.05, 4.69) is 40.3 Å². The predicted molar refractivity (Wildman–Crippen MR) is 88.6 cm³/mol. The van der Waals surface area contributed by atoms with Crippen LogP contribution >= 0.6 is 11.6 Å². The molecule has 1 aromatic carbocycles. The molecule has 0 amide bonds. The molecule has 0 bridgehead atoms. The topological polar surface area (TPSA) is 38.9 Å². The van der Waals surface area contributed by atoms with E-state index >= 15 is 0 Å². The molecule has 0 saturated heterocycles. The second-order valence-corrected chi connectivity index (χ2v) is 5.53. The number of allylic oxidation sites excluding steroid dienone is 4. The van der Waals surface area contributed by atoms with Crippen LogP contribution in [-0.4, -0.2) is 9.97 Å². The number of halogens is 1. The van der Waals surface area contributed by atoms with Crippen molar-refractivity contribution < 1.29 is 4.42 Å². The van der Waals surface area contributed by atoms with Crippen LogP contribution in [0.4, 0.5) is 0 Å². The SMILES string of the molecule is Clc1ncnc2oc(C3=CC=CCC3)c(-c3ccccc3)c12. The molecule has 0 atom stereocenters. The van der Waals surface area contributed by atoms with Crippen LogP contribution in [0.5, 0.6) is 0 Å². The minimum atomic E-state index is 0.422. The van der Waals surface area contributed by atoms with Gasteiger partial charge < -0.3 is 4.42 Å². The summed E-state index contributed by atoms with van der Waals surface area (Å²) in [6.45, 7) is 0. The molecular weight excluding hydrogens is 296 g/mol. The molecule has 0 spiro atoms. The molecule has 4 heteroatoms. The summed E-state index contributed by atoms with van der Waals surface area (Å²) in [5.41, 5.74) is 3.73. The first-order chi connectivity index (χ1) is 10.8. The maximum absolute atomic E-state index is 6.32. The van der Waals surface area contributed by atoms with E-state index in [1.54, 1.807) is 0 Å². The van der Waals surface area contributed by atoms with Gasteiger partial charge in [0.1, 0.15) is 17.2 Å². The quantitative estimate of drug-likeness (QED) is 0.605. The van der Waals surface area contributed by atoms with Gasteiger partial charge in [0, 0.05) is 5.56 Å². The molecule has 108 valence electrons. The molecule has 0 N–H and O–H groups in total. The Morgan fingerprint density at radius 1 is 1.09 bits per heavy atom. The van der Waals surface area contributed by atoms with Crippen molar-refractivity contribution in [2.75, 3.05) is 0 Å². The van der Waals surface area contributed by atoms with Gasteiger partial charge in [0.25, 0.3) is 0 Å². The van der Waals surface area contributed by atoms with E-state index in [0.29, 0.717) is 10.9 Å². The third-order valence-electron chi connectivity index (χ3n) is 3.81. The summed E-state index contributed by atoms with van der Waals surface area (Å²) >= 11 is 6.32. The Hall–Kier alpha value is -2.39. The van der Waals surface area contributed by atoms with Gasteiger partial charge in [-0.1, -0.05) is 60.2 Å². The molecule has 3 nitrogen and oxygen atoms in total. The van der Waals surface area contributed by atoms with Gasteiger partial charge in [-0.15, -0.1) is 0 Å². The zero-order chi connectivity index (χ0) is 14.9. The first-order valence-corrected chi connectivity index (χ1v) is 7.57. The average molecular weight is 309 g/mol. The molecule has 22 heavy (non-hydrogen) atoms. The summed E-state index contributed by atoms with van der Waals surface area (Å²) in [5, 5.41) is 1.20. The minimum Gasteiger partial charge on any atom is -0.437 e. The van der Waals surface area contributed by atoms with Crippen LogP contribution in [-0.2, 0) is 0 Å². The number of hydrogen-bond donors (Lipinski definition) is 0. The first-order valence-electron chi connectivity index (χ1n) is 7.19. The molecule has 4 rings (SSSR count). The van der Waals surface area contributed by atoms with Crippen molar-refractivity contribution in [3.05, 3.63) is 65.8 Å². The highest BCUT2D eigenvalue weighted by Crippen LogP contribution is 2.41. The largest absolute Gasteiger partial charge is 0.437 e. The molecule has 3 aromatic rings. The lowest BCUT2D eigenvalue weighted by atomic mass is 9.95. The summed E-state index contributed by atoms with van der Waals surface area (Å²) in [6, 6.07) is 10.1. The van der Waals surface area contributed by atoms with E-state index in [-0.39, 0.29) is 0 Å². The lowest BCUT2D eigenvalue weighted by molar-refractivity contribution is 0.584. The number of rotatable bonds is 2. The molecule has 0 fully saturated rings. The molecule has 0 radical (unpaired) electrons. The van der Waals surface area contributed by atoms with Crippen molar-refractivity contribution in [3.63, 3.8) is 0 Å². The molecule has 0 aliphatic heterocycles. The van der Waals surface area contributed by atoms with Gasteiger partial charge in [0.05, 0.1) is 5.39 Å². The Kier molecular flexibility index (Phi) is 3.28. The Balaban J connectivity index is 2.06. The Morgan fingerprint density at radius 2 is 1.95 bits per heavy atom. The van der Waals surface area contributed by atoms with Gasteiger partial charge >= 0.3 is 0 Å². The fourth-order valence-corrected chi connectivity index (χ4v) is 3.02. The van der Waals surface area contributed by atoms with Crippen molar-refractivity contribution in [3.8, 4) is 11.1 Å². The molecular formula is C18H13ClN2O. The van der Waals surface area contributed by atoms with Gasteiger partial charge in [0.15, 0.2) is 0 Å². The number of hydrogen-bond acceptors (Lipinski definition) is 3. The highest BCUT2D eigenvalue weighted by molar-refractivity contribution is 6.35. The van der Waals surface area contributed by atoms with E-state index in [4.69, 9.17) is 16.0 Å². The van der Waals surface area contributed by atoms with Crippen LogP contribution in [0.1, 0.15) is 18.6 Å². The monoisotopic (exact) mass is 308 g/mol. The van der Waals surface area contributed by atoms with Crippen LogP contribution in [0.25, 0.3) is 27.8 Å². The highest BCUT2D eigenvalue weighted by Gasteiger charge is 2.22. The van der Waals surface area contributed by atoms with Crippen molar-refractivity contribution in [1.29, 1.82) is 0 Å². The second kappa shape index (κ2) is 5.43. The molecule has 2 aromatic heterocycles. The molecule has 1 aliphatic carbocycles. The fourth-order valence-electron chi connectivity index (χ4n) is 2.80. The third kappa shape index (κ3) is 2.14. The van der Waals surface area contributed by atoms with Crippen molar-refractivity contribution in [1.82, 2.24) is 9.97 Å². The van der Waals surface area contributed by atoms with Crippen molar-refractivity contribution in [2.45, 2.75) is 12.8 Å².